The standard InChI is InChI=1S/C17H22N2O/c1-2-11-20-17-7-3-5-16(12-17)14-19-10-8-15-6-4-9-18-13-15/h3-7,9,12-13,19H,2,8,10-11,14H2,1H3. The van der Waals surface area contributed by atoms with Crippen LogP contribution in [-0.2, 0) is 13.0 Å². The zero-order chi connectivity index (χ0) is 14.0. The maximum Gasteiger partial charge on any atom is 0.119 e. The van der Waals surface area contributed by atoms with E-state index < -0.39 is 0 Å². The first-order valence-electron chi connectivity index (χ1n) is 7.20. The summed E-state index contributed by atoms with van der Waals surface area (Å²) in [5.41, 5.74) is 2.52. The lowest BCUT2D eigenvalue weighted by Gasteiger charge is -2.08. The highest BCUT2D eigenvalue weighted by Gasteiger charge is 1.97. The van der Waals surface area contributed by atoms with Gasteiger partial charge in [-0.1, -0.05) is 25.1 Å². The molecule has 106 valence electrons. The number of pyridine rings is 1. The van der Waals surface area contributed by atoms with Gasteiger partial charge in [-0.25, -0.2) is 0 Å². The monoisotopic (exact) mass is 270 g/mol. The average Bonchev–Trinajstić information content (AvgIpc) is 2.51. The van der Waals surface area contributed by atoms with E-state index in [9.17, 15) is 0 Å². The second-order valence-corrected chi connectivity index (χ2v) is 4.78. The molecule has 0 saturated heterocycles. The fraction of sp³-hybridized carbons (Fsp3) is 0.353. The molecule has 0 fully saturated rings. The number of ether oxygens (including phenoxy) is 1. The molecule has 0 amide bonds. The number of nitrogens with zero attached hydrogens (tertiary/aromatic N) is 1. The third-order valence-corrected chi connectivity index (χ3v) is 3.01. The molecule has 1 heterocycles. The van der Waals surface area contributed by atoms with Crippen LogP contribution in [0.25, 0.3) is 0 Å². The van der Waals surface area contributed by atoms with Crippen LogP contribution in [0.4, 0.5) is 0 Å². The Bertz CT molecular complexity index is 499. The van der Waals surface area contributed by atoms with Crippen LogP contribution in [0.1, 0.15) is 24.5 Å². The fourth-order valence-electron chi connectivity index (χ4n) is 1.98. The second kappa shape index (κ2) is 8.33. The van der Waals surface area contributed by atoms with Gasteiger partial charge >= 0.3 is 0 Å². The molecule has 20 heavy (non-hydrogen) atoms. The minimum atomic E-state index is 0.776. The van der Waals surface area contributed by atoms with Crippen molar-refractivity contribution in [1.29, 1.82) is 0 Å². The van der Waals surface area contributed by atoms with Gasteiger partial charge in [-0.05, 0) is 48.7 Å². The Labute approximate surface area is 121 Å². The van der Waals surface area contributed by atoms with E-state index >= 15 is 0 Å². The van der Waals surface area contributed by atoms with E-state index in [0.29, 0.717) is 0 Å². The molecule has 0 radical (unpaired) electrons. The van der Waals surface area contributed by atoms with Crippen molar-refractivity contribution in [3.8, 4) is 5.75 Å². The Morgan fingerprint density at radius 3 is 2.85 bits per heavy atom. The molecule has 1 aromatic heterocycles. The summed E-state index contributed by atoms with van der Waals surface area (Å²) in [4.78, 5) is 4.12. The van der Waals surface area contributed by atoms with Crippen LogP contribution in [0.5, 0.6) is 5.75 Å². The first kappa shape index (κ1) is 14.5. The van der Waals surface area contributed by atoms with E-state index in [1.54, 1.807) is 6.20 Å². The van der Waals surface area contributed by atoms with Gasteiger partial charge in [0, 0.05) is 18.9 Å². The highest BCUT2D eigenvalue weighted by Crippen LogP contribution is 2.13. The van der Waals surface area contributed by atoms with Crippen molar-refractivity contribution in [3.63, 3.8) is 0 Å². The SMILES string of the molecule is CCCOc1cccc(CNCCc2cccnc2)c1. The third-order valence-electron chi connectivity index (χ3n) is 3.01. The van der Waals surface area contributed by atoms with Gasteiger partial charge in [-0.2, -0.15) is 0 Å². The van der Waals surface area contributed by atoms with E-state index in [-0.39, 0.29) is 0 Å². The summed E-state index contributed by atoms with van der Waals surface area (Å²) in [6.45, 7) is 4.71. The second-order valence-electron chi connectivity index (χ2n) is 4.78. The van der Waals surface area contributed by atoms with Crippen molar-refractivity contribution in [3.05, 3.63) is 59.9 Å². The van der Waals surface area contributed by atoms with Gasteiger partial charge in [0.2, 0.25) is 0 Å². The molecule has 0 aliphatic carbocycles. The first-order chi connectivity index (χ1) is 9.88. The van der Waals surface area contributed by atoms with Gasteiger partial charge in [0.15, 0.2) is 0 Å². The van der Waals surface area contributed by atoms with Crippen molar-refractivity contribution in [1.82, 2.24) is 10.3 Å². The van der Waals surface area contributed by atoms with E-state index in [0.717, 1.165) is 38.3 Å². The van der Waals surface area contributed by atoms with Crippen LogP contribution in [0.15, 0.2) is 48.8 Å². The van der Waals surface area contributed by atoms with Crippen LogP contribution < -0.4 is 10.1 Å². The van der Waals surface area contributed by atoms with Crippen molar-refractivity contribution in [2.75, 3.05) is 13.2 Å². The van der Waals surface area contributed by atoms with Crippen LogP contribution in [0.3, 0.4) is 0 Å². The fourth-order valence-corrected chi connectivity index (χ4v) is 1.98. The third kappa shape index (κ3) is 5.02. The van der Waals surface area contributed by atoms with Gasteiger partial charge in [-0.3, -0.25) is 4.98 Å². The molecule has 0 atom stereocenters. The molecule has 0 bridgehead atoms. The smallest absolute Gasteiger partial charge is 0.119 e. The van der Waals surface area contributed by atoms with Gasteiger partial charge in [-0.15, -0.1) is 0 Å². The molecule has 3 heteroatoms. The average molecular weight is 270 g/mol. The molecule has 0 unspecified atom stereocenters. The van der Waals surface area contributed by atoms with Crippen LogP contribution >= 0.6 is 0 Å². The number of benzene rings is 1. The maximum absolute atomic E-state index is 5.64. The molecular weight excluding hydrogens is 248 g/mol. The summed E-state index contributed by atoms with van der Waals surface area (Å²) in [5, 5.41) is 3.45. The lowest BCUT2D eigenvalue weighted by Crippen LogP contribution is -2.16. The van der Waals surface area contributed by atoms with Crippen LogP contribution in [-0.4, -0.2) is 18.1 Å². The highest BCUT2D eigenvalue weighted by molar-refractivity contribution is 5.28. The lowest BCUT2D eigenvalue weighted by molar-refractivity contribution is 0.317. The van der Waals surface area contributed by atoms with Crippen molar-refractivity contribution < 1.29 is 4.74 Å². The summed E-state index contributed by atoms with van der Waals surface area (Å²) >= 11 is 0. The topological polar surface area (TPSA) is 34.1 Å². The highest BCUT2D eigenvalue weighted by atomic mass is 16.5. The molecule has 2 rings (SSSR count). The summed E-state index contributed by atoms with van der Waals surface area (Å²) in [6, 6.07) is 12.4. The Balaban J connectivity index is 1.73. The Hall–Kier alpha value is -1.87. The van der Waals surface area contributed by atoms with E-state index in [2.05, 4.69) is 35.4 Å². The van der Waals surface area contributed by atoms with Gasteiger partial charge in [0.1, 0.15) is 5.75 Å². The molecule has 1 N–H and O–H groups in total. The predicted molar refractivity (Wildman–Crippen MR) is 81.9 cm³/mol. The molecule has 0 spiro atoms. The van der Waals surface area contributed by atoms with Crippen molar-refractivity contribution in [2.24, 2.45) is 0 Å². The van der Waals surface area contributed by atoms with Crippen molar-refractivity contribution in [2.45, 2.75) is 26.3 Å². The van der Waals surface area contributed by atoms with Gasteiger partial charge in [0.05, 0.1) is 6.61 Å². The van der Waals surface area contributed by atoms with Gasteiger partial charge in [0.25, 0.3) is 0 Å². The summed E-state index contributed by atoms with van der Waals surface area (Å²) in [7, 11) is 0. The number of hydrogen-bond donors (Lipinski definition) is 1. The maximum atomic E-state index is 5.64. The summed E-state index contributed by atoms with van der Waals surface area (Å²) in [5.74, 6) is 0.957. The number of rotatable bonds is 8. The number of nitrogens with one attached hydrogen (secondary N) is 1. The summed E-state index contributed by atoms with van der Waals surface area (Å²) < 4.78 is 5.64. The predicted octanol–water partition coefficient (Wildman–Crippen LogP) is 3.20. The minimum absolute atomic E-state index is 0.776. The van der Waals surface area contributed by atoms with E-state index in [1.807, 2.05) is 24.4 Å². The quantitative estimate of drug-likeness (QED) is 0.748. The Kier molecular flexibility index (Phi) is 6.06. The summed E-state index contributed by atoms with van der Waals surface area (Å²) in [6.07, 6.45) is 5.76. The number of hydrogen-bond acceptors (Lipinski definition) is 3. The molecule has 3 nitrogen and oxygen atoms in total. The first-order valence-corrected chi connectivity index (χ1v) is 7.20. The van der Waals surface area contributed by atoms with E-state index in [1.165, 1.54) is 11.1 Å². The van der Waals surface area contributed by atoms with Crippen molar-refractivity contribution >= 4 is 0 Å². The lowest BCUT2D eigenvalue weighted by atomic mass is 10.2. The Morgan fingerprint density at radius 1 is 1.15 bits per heavy atom. The number of aromatic nitrogens is 1. The molecule has 0 aliphatic rings. The minimum Gasteiger partial charge on any atom is -0.494 e. The molecule has 0 saturated carbocycles. The van der Waals surface area contributed by atoms with E-state index in [4.69, 9.17) is 4.74 Å². The normalized spacial score (nSPS) is 10.4. The zero-order valence-corrected chi connectivity index (χ0v) is 12.0. The van der Waals surface area contributed by atoms with Gasteiger partial charge < -0.3 is 10.1 Å². The molecular formula is C17H22N2O. The zero-order valence-electron chi connectivity index (χ0n) is 12.0. The largest absolute Gasteiger partial charge is 0.494 e. The molecule has 2 aromatic rings. The molecule has 1 aromatic carbocycles. The Morgan fingerprint density at radius 2 is 2.05 bits per heavy atom. The van der Waals surface area contributed by atoms with Crippen LogP contribution in [0.2, 0.25) is 0 Å². The molecule has 0 aliphatic heterocycles. The van der Waals surface area contributed by atoms with Crippen LogP contribution in [0, 0.1) is 0 Å².